The molecule has 1 fully saturated rings. The number of carbonyl (C=O) groups is 2. The van der Waals surface area contributed by atoms with Crippen molar-refractivity contribution in [3.05, 3.63) is 29.8 Å². The molecule has 0 spiro atoms. The van der Waals surface area contributed by atoms with Crippen LogP contribution in [-0.2, 0) is 9.59 Å². The lowest BCUT2D eigenvalue weighted by Gasteiger charge is -2.18. The number of likely N-dealkylation sites (tertiary alicyclic amines) is 1. The van der Waals surface area contributed by atoms with E-state index in [0.717, 1.165) is 11.3 Å². The Morgan fingerprint density at radius 2 is 2.23 bits per heavy atom. The summed E-state index contributed by atoms with van der Waals surface area (Å²) in [7, 11) is 0. The third-order valence-corrected chi connectivity index (χ3v) is 3.99. The van der Waals surface area contributed by atoms with Crippen LogP contribution in [0.1, 0.15) is 38.8 Å². The Bertz CT molecular complexity index is 544. The van der Waals surface area contributed by atoms with Crippen LogP contribution in [0.25, 0.3) is 0 Å². The van der Waals surface area contributed by atoms with E-state index >= 15 is 0 Å². The van der Waals surface area contributed by atoms with Gasteiger partial charge in [0.2, 0.25) is 11.8 Å². The number of hydrogen-bond acceptors (Lipinski definition) is 3. The van der Waals surface area contributed by atoms with Gasteiger partial charge >= 0.3 is 0 Å². The van der Waals surface area contributed by atoms with E-state index in [1.54, 1.807) is 4.90 Å². The maximum atomic E-state index is 12.3. The maximum Gasteiger partial charge on any atom is 0.225 e. The van der Waals surface area contributed by atoms with Crippen molar-refractivity contribution < 1.29 is 14.3 Å². The van der Waals surface area contributed by atoms with Crippen LogP contribution in [0.15, 0.2) is 24.3 Å². The van der Waals surface area contributed by atoms with Crippen molar-refractivity contribution in [2.75, 3.05) is 19.7 Å². The summed E-state index contributed by atoms with van der Waals surface area (Å²) in [4.78, 5) is 25.8. The van der Waals surface area contributed by atoms with Gasteiger partial charge in [-0.15, -0.1) is 0 Å². The molecule has 0 unspecified atom stereocenters. The fourth-order valence-electron chi connectivity index (χ4n) is 2.71. The van der Waals surface area contributed by atoms with E-state index in [2.05, 4.69) is 5.32 Å². The van der Waals surface area contributed by atoms with Gasteiger partial charge in [-0.1, -0.05) is 12.1 Å². The van der Waals surface area contributed by atoms with E-state index in [1.807, 2.05) is 45.0 Å². The summed E-state index contributed by atoms with van der Waals surface area (Å²) in [6, 6.07) is 7.61. The predicted octanol–water partition coefficient (Wildman–Crippen LogP) is 2.13. The highest BCUT2D eigenvalue weighted by molar-refractivity contribution is 5.89. The van der Waals surface area contributed by atoms with Crippen molar-refractivity contribution in [2.24, 2.45) is 5.92 Å². The molecule has 1 aromatic rings. The van der Waals surface area contributed by atoms with E-state index in [4.69, 9.17) is 4.74 Å². The first-order valence-corrected chi connectivity index (χ1v) is 7.86. The molecule has 0 aromatic heterocycles. The van der Waals surface area contributed by atoms with E-state index in [1.165, 1.54) is 0 Å². The number of hydrogen-bond donors (Lipinski definition) is 1. The molecule has 1 N–H and O–H groups in total. The second-order valence-corrected chi connectivity index (χ2v) is 5.57. The zero-order chi connectivity index (χ0) is 16.1. The largest absolute Gasteiger partial charge is 0.494 e. The normalized spacial score (nSPS) is 19.1. The zero-order valence-corrected chi connectivity index (χ0v) is 13.5. The first kappa shape index (κ1) is 16.3. The number of benzene rings is 1. The van der Waals surface area contributed by atoms with Gasteiger partial charge in [-0.3, -0.25) is 9.59 Å². The molecule has 1 aliphatic heterocycles. The molecule has 120 valence electrons. The molecule has 2 atom stereocenters. The van der Waals surface area contributed by atoms with Crippen LogP contribution in [0.4, 0.5) is 0 Å². The standard InChI is InChI=1S/C17H24N2O3/c1-4-19-11-14(10-16(19)20)17(21)18-12(3)13-7-6-8-15(9-13)22-5-2/h6-9,12,14H,4-5,10-11H2,1-3H3,(H,18,21)/t12-,14+/m0/s1. The Kier molecular flexibility index (Phi) is 5.41. The molecule has 2 rings (SSSR count). The minimum Gasteiger partial charge on any atom is -0.494 e. The second-order valence-electron chi connectivity index (χ2n) is 5.57. The highest BCUT2D eigenvalue weighted by atomic mass is 16.5. The number of nitrogens with zero attached hydrogens (tertiary/aromatic N) is 1. The van der Waals surface area contributed by atoms with Gasteiger partial charge in [0.05, 0.1) is 18.6 Å². The van der Waals surface area contributed by atoms with Crippen LogP contribution in [0.5, 0.6) is 5.75 Å². The van der Waals surface area contributed by atoms with Crippen molar-refractivity contribution in [1.29, 1.82) is 0 Å². The monoisotopic (exact) mass is 304 g/mol. The Hall–Kier alpha value is -2.04. The van der Waals surface area contributed by atoms with Gasteiger partial charge < -0.3 is 15.0 Å². The molecular weight excluding hydrogens is 280 g/mol. The van der Waals surface area contributed by atoms with Crippen LogP contribution in [-0.4, -0.2) is 36.4 Å². The molecule has 1 heterocycles. The molecule has 1 aliphatic rings. The van der Waals surface area contributed by atoms with E-state index < -0.39 is 0 Å². The van der Waals surface area contributed by atoms with Gasteiger partial charge in [0.15, 0.2) is 0 Å². The van der Waals surface area contributed by atoms with Crippen LogP contribution < -0.4 is 10.1 Å². The van der Waals surface area contributed by atoms with E-state index in [0.29, 0.717) is 26.1 Å². The molecule has 0 saturated carbocycles. The lowest BCUT2D eigenvalue weighted by Crippen LogP contribution is -2.34. The highest BCUT2D eigenvalue weighted by Gasteiger charge is 2.33. The third-order valence-electron chi connectivity index (χ3n) is 3.99. The summed E-state index contributed by atoms with van der Waals surface area (Å²) >= 11 is 0. The summed E-state index contributed by atoms with van der Waals surface area (Å²) in [5.41, 5.74) is 0.996. The number of nitrogens with one attached hydrogen (secondary N) is 1. The SMILES string of the molecule is CCOc1cccc([C@H](C)NC(=O)[C@@H]2CC(=O)N(CC)C2)c1. The van der Waals surface area contributed by atoms with Crippen LogP contribution in [0.3, 0.4) is 0 Å². The molecule has 5 heteroatoms. The minimum absolute atomic E-state index is 0.0568. The number of amides is 2. The minimum atomic E-state index is -0.245. The summed E-state index contributed by atoms with van der Waals surface area (Å²) in [5, 5.41) is 3.00. The molecule has 2 amide bonds. The average Bonchev–Trinajstić information content (AvgIpc) is 2.89. The molecular formula is C17H24N2O3. The van der Waals surface area contributed by atoms with Crippen molar-refractivity contribution in [3.63, 3.8) is 0 Å². The molecule has 1 aromatic carbocycles. The fraction of sp³-hybridized carbons (Fsp3) is 0.529. The summed E-state index contributed by atoms with van der Waals surface area (Å²) in [6.45, 7) is 7.61. The Labute approximate surface area is 131 Å². The Balaban J connectivity index is 1.97. The maximum absolute atomic E-state index is 12.3. The lowest BCUT2D eigenvalue weighted by molar-refractivity contribution is -0.129. The topological polar surface area (TPSA) is 58.6 Å². The molecule has 0 radical (unpaired) electrons. The zero-order valence-electron chi connectivity index (χ0n) is 13.5. The number of rotatable bonds is 6. The summed E-state index contributed by atoms with van der Waals surface area (Å²) in [6.07, 6.45) is 0.311. The quantitative estimate of drug-likeness (QED) is 0.876. The first-order valence-electron chi connectivity index (χ1n) is 7.86. The molecule has 0 bridgehead atoms. The van der Waals surface area contributed by atoms with Crippen molar-refractivity contribution >= 4 is 11.8 Å². The van der Waals surface area contributed by atoms with Crippen LogP contribution >= 0.6 is 0 Å². The lowest BCUT2D eigenvalue weighted by atomic mass is 10.0. The first-order chi connectivity index (χ1) is 10.5. The van der Waals surface area contributed by atoms with Gasteiger partial charge in [-0.05, 0) is 38.5 Å². The van der Waals surface area contributed by atoms with E-state index in [9.17, 15) is 9.59 Å². The molecule has 5 nitrogen and oxygen atoms in total. The summed E-state index contributed by atoms with van der Waals surface area (Å²) < 4.78 is 5.48. The number of carbonyl (C=O) groups excluding carboxylic acids is 2. The molecule has 22 heavy (non-hydrogen) atoms. The van der Waals surface area contributed by atoms with E-state index in [-0.39, 0.29) is 23.8 Å². The Morgan fingerprint density at radius 3 is 2.86 bits per heavy atom. The molecule has 1 saturated heterocycles. The van der Waals surface area contributed by atoms with Gasteiger partial charge in [-0.2, -0.15) is 0 Å². The second kappa shape index (κ2) is 7.29. The third kappa shape index (κ3) is 3.78. The van der Waals surface area contributed by atoms with Gasteiger partial charge in [0.25, 0.3) is 0 Å². The number of ether oxygens (including phenoxy) is 1. The Morgan fingerprint density at radius 1 is 1.45 bits per heavy atom. The van der Waals surface area contributed by atoms with Crippen molar-refractivity contribution in [2.45, 2.75) is 33.2 Å². The van der Waals surface area contributed by atoms with Gasteiger partial charge in [0.1, 0.15) is 5.75 Å². The van der Waals surface area contributed by atoms with Crippen LogP contribution in [0, 0.1) is 5.92 Å². The smallest absolute Gasteiger partial charge is 0.225 e. The van der Waals surface area contributed by atoms with Crippen LogP contribution in [0.2, 0.25) is 0 Å². The van der Waals surface area contributed by atoms with Gasteiger partial charge in [0, 0.05) is 19.5 Å². The van der Waals surface area contributed by atoms with Crippen molar-refractivity contribution in [1.82, 2.24) is 10.2 Å². The van der Waals surface area contributed by atoms with Gasteiger partial charge in [-0.25, -0.2) is 0 Å². The molecule has 0 aliphatic carbocycles. The highest BCUT2D eigenvalue weighted by Crippen LogP contribution is 2.22. The van der Waals surface area contributed by atoms with Crippen molar-refractivity contribution in [3.8, 4) is 5.75 Å². The average molecular weight is 304 g/mol. The summed E-state index contributed by atoms with van der Waals surface area (Å²) in [5.74, 6) is 0.562. The predicted molar refractivity (Wildman–Crippen MR) is 84.5 cm³/mol. The fourth-order valence-corrected chi connectivity index (χ4v) is 2.71.